The molecule has 110 valence electrons. The highest BCUT2D eigenvalue weighted by Gasteiger charge is 2.27. The predicted molar refractivity (Wildman–Crippen MR) is 80.5 cm³/mol. The number of likely N-dealkylation sites (tertiary alicyclic amines) is 1. The Labute approximate surface area is 120 Å². The monoisotopic (exact) mass is 276 g/mol. The van der Waals surface area contributed by atoms with Gasteiger partial charge in [0.1, 0.15) is 5.82 Å². The van der Waals surface area contributed by atoms with E-state index in [1.54, 1.807) is 7.05 Å². The average molecular weight is 276 g/mol. The second kappa shape index (κ2) is 7.24. The van der Waals surface area contributed by atoms with Crippen LogP contribution >= 0.6 is 0 Å². The van der Waals surface area contributed by atoms with Crippen LogP contribution in [-0.4, -0.2) is 42.0 Å². The molecule has 1 aliphatic rings. The maximum absolute atomic E-state index is 12.0. The van der Waals surface area contributed by atoms with Crippen molar-refractivity contribution in [3.8, 4) is 0 Å². The highest BCUT2D eigenvalue weighted by atomic mass is 16.2. The third-order valence-electron chi connectivity index (χ3n) is 3.73. The van der Waals surface area contributed by atoms with Crippen molar-refractivity contribution in [3.63, 3.8) is 0 Å². The van der Waals surface area contributed by atoms with Gasteiger partial charge in [-0.3, -0.25) is 9.69 Å². The molecular weight excluding hydrogens is 252 g/mol. The van der Waals surface area contributed by atoms with E-state index in [0.717, 1.165) is 38.3 Å². The molecule has 1 atom stereocenters. The summed E-state index contributed by atoms with van der Waals surface area (Å²) in [6.07, 6.45) is 5.07. The van der Waals surface area contributed by atoms with Crippen LogP contribution < -0.4 is 10.6 Å². The Bertz CT molecular complexity index is 449. The molecule has 1 unspecified atom stereocenters. The molecule has 0 spiro atoms. The summed E-state index contributed by atoms with van der Waals surface area (Å²) >= 11 is 0. The number of amides is 1. The normalized spacial score (nSPS) is 19.6. The molecule has 2 rings (SSSR count). The molecule has 2 N–H and O–H groups in total. The fourth-order valence-corrected chi connectivity index (χ4v) is 2.73. The van der Waals surface area contributed by atoms with E-state index in [-0.39, 0.29) is 11.9 Å². The van der Waals surface area contributed by atoms with Crippen LogP contribution in [0.3, 0.4) is 0 Å². The number of likely N-dealkylation sites (N-methyl/N-ethyl adjacent to an activating group) is 1. The molecule has 1 aliphatic heterocycles. The highest BCUT2D eigenvalue weighted by molar-refractivity contribution is 5.81. The van der Waals surface area contributed by atoms with Gasteiger partial charge < -0.3 is 10.6 Å². The van der Waals surface area contributed by atoms with Gasteiger partial charge >= 0.3 is 0 Å². The number of nitrogens with one attached hydrogen (secondary N) is 2. The van der Waals surface area contributed by atoms with E-state index in [9.17, 15) is 4.79 Å². The zero-order chi connectivity index (χ0) is 14.4. The molecule has 5 heteroatoms. The van der Waals surface area contributed by atoms with Crippen molar-refractivity contribution >= 4 is 11.7 Å². The van der Waals surface area contributed by atoms with Crippen LogP contribution in [0.4, 0.5) is 5.82 Å². The fourth-order valence-electron chi connectivity index (χ4n) is 2.73. The summed E-state index contributed by atoms with van der Waals surface area (Å²) in [5, 5.41) is 6.00. The molecule has 0 aliphatic carbocycles. The van der Waals surface area contributed by atoms with Crippen molar-refractivity contribution in [3.05, 3.63) is 23.9 Å². The first-order valence-electron chi connectivity index (χ1n) is 7.39. The molecule has 1 aromatic rings. The van der Waals surface area contributed by atoms with Crippen LogP contribution in [0.5, 0.6) is 0 Å². The van der Waals surface area contributed by atoms with Crippen molar-refractivity contribution in [1.29, 1.82) is 0 Å². The second-order valence-corrected chi connectivity index (χ2v) is 5.18. The minimum Gasteiger partial charge on any atom is -0.370 e. The summed E-state index contributed by atoms with van der Waals surface area (Å²) in [6, 6.07) is 4.10. The topological polar surface area (TPSA) is 57.3 Å². The van der Waals surface area contributed by atoms with E-state index in [1.807, 2.05) is 12.3 Å². The van der Waals surface area contributed by atoms with E-state index in [2.05, 4.69) is 33.5 Å². The summed E-state index contributed by atoms with van der Waals surface area (Å²) in [5.74, 6) is 1.03. The number of nitrogens with zero attached hydrogens (tertiary/aromatic N) is 2. The van der Waals surface area contributed by atoms with E-state index >= 15 is 0 Å². The van der Waals surface area contributed by atoms with E-state index in [0.29, 0.717) is 0 Å². The van der Waals surface area contributed by atoms with Gasteiger partial charge in [0.15, 0.2) is 0 Å². The first kappa shape index (κ1) is 14.8. The number of piperidine rings is 1. The van der Waals surface area contributed by atoms with Gasteiger partial charge in [0, 0.05) is 26.3 Å². The Morgan fingerprint density at radius 3 is 3.10 bits per heavy atom. The fraction of sp³-hybridized carbons (Fsp3) is 0.600. The Kier molecular flexibility index (Phi) is 5.35. The zero-order valence-corrected chi connectivity index (χ0v) is 12.4. The molecule has 1 fully saturated rings. The second-order valence-electron chi connectivity index (χ2n) is 5.18. The van der Waals surface area contributed by atoms with Gasteiger partial charge in [-0.05, 0) is 44.0 Å². The molecule has 1 aromatic heterocycles. The SMILES string of the molecule is CCNc1cc(CN2CCCCC2C(=O)NC)ccn1. The first-order valence-corrected chi connectivity index (χ1v) is 7.39. The number of rotatable bonds is 5. The van der Waals surface area contributed by atoms with E-state index < -0.39 is 0 Å². The van der Waals surface area contributed by atoms with E-state index in [4.69, 9.17) is 0 Å². The van der Waals surface area contributed by atoms with Gasteiger partial charge in [-0.1, -0.05) is 6.42 Å². The lowest BCUT2D eigenvalue weighted by Crippen LogP contribution is -2.48. The number of hydrogen-bond acceptors (Lipinski definition) is 4. The van der Waals surface area contributed by atoms with Gasteiger partial charge in [0.2, 0.25) is 5.91 Å². The maximum Gasteiger partial charge on any atom is 0.237 e. The Morgan fingerprint density at radius 2 is 2.35 bits per heavy atom. The number of aromatic nitrogens is 1. The minimum atomic E-state index is 0.00417. The third-order valence-corrected chi connectivity index (χ3v) is 3.73. The predicted octanol–water partition coefficient (Wildman–Crippen LogP) is 1.61. The van der Waals surface area contributed by atoms with Crippen LogP contribution in [0.1, 0.15) is 31.7 Å². The van der Waals surface area contributed by atoms with Crippen LogP contribution in [0, 0.1) is 0 Å². The molecule has 0 aromatic carbocycles. The van der Waals surface area contributed by atoms with Crippen molar-refractivity contribution in [2.45, 2.75) is 38.8 Å². The van der Waals surface area contributed by atoms with Crippen molar-refractivity contribution in [2.75, 3.05) is 25.5 Å². The Balaban J connectivity index is 2.06. The average Bonchev–Trinajstić information content (AvgIpc) is 2.48. The van der Waals surface area contributed by atoms with Crippen LogP contribution in [-0.2, 0) is 11.3 Å². The minimum absolute atomic E-state index is 0.00417. The Morgan fingerprint density at radius 1 is 1.50 bits per heavy atom. The van der Waals surface area contributed by atoms with Gasteiger partial charge in [-0.15, -0.1) is 0 Å². The van der Waals surface area contributed by atoms with E-state index in [1.165, 1.54) is 12.0 Å². The van der Waals surface area contributed by atoms with Crippen molar-refractivity contribution in [2.24, 2.45) is 0 Å². The summed E-state index contributed by atoms with van der Waals surface area (Å²) < 4.78 is 0. The van der Waals surface area contributed by atoms with Crippen molar-refractivity contribution in [1.82, 2.24) is 15.2 Å². The zero-order valence-electron chi connectivity index (χ0n) is 12.4. The number of pyridine rings is 1. The lowest BCUT2D eigenvalue weighted by atomic mass is 10.0. The van der Waals surface area contributed by atoms with Crippen molar-refractivity contribution < 1.29 is 4.79 Å². The molecule has 0 saturated carbocycles. The number of carbonyl (C=O) groups is 1. The molecule has 5 nitrogen and oxygen atoms in total. The molecule has 1 saturated heterocycles. The van der Waals surface area contributed by atoms with Gasteiger partial charge in [0.25, 0.3) is 0 Å². The lowest BCUT2D eigenvalue weighted by molar-refractivity contribution is -0.127. The molecule has 20 heavy (non-hydrogen) atoms. The highest BCUT2D eigenvalue weighted by Crippen LogP contribution is 2.20. The molecule has 1 amide bonds. The molecule has 0 radical (unpaired) electrons. The smallest absolute Gasteiger partial charge is 0.237 e. The third kappa shape index (κ3) is 3.70. The van der Waals surface area contributed by atoms with Gasteiger partial charge in [0.05, 0.1) is 6.04 Å². The largest absolute Gasteiger partial charge is 0.370 e. The summed E-state index contributed by atoms with van der Waals surface area (Å²) in [5.41, 5.74) is 1.20. The number of carbonyl (C=O) groups excluding carboxylic acids is 1. The lowest BCUT2D eigenvalue weighted by Gasteiger charge is -2.34. The summed E-state index contributed by atoms with van der Waals surface area (Å²) in [6.45, 7) is 4.71. The quantitative estimate of drug-likeness (QED) is 0.858. The summed E-state index contributed by atoms with van der Waals surface area (Å²) in [4.78, 5) is 18.5. The standard InChI is InChI=1S/C15H24N4O/c1-3-17-14-10-12(7-8-18-14)11-19-9-5-4-6-13(19)15(20)16-2/h7-8,10,13H,3-6,9,11H2,1-2H3,(H,16,20)(H,17,18). The van der Waals surface area contributed by atoms with Gasteiger partial charge in [-0.2, -0.15) is 0 Å². The first-order chi connectivity index (χ1) is 9.74. The van der Waals surface area contributed by atoms with Gasteiger partial charge in [-0.25, -0.2) is 4.98 Å². The van der Waals surface area contributed by atoms with Crippen LogP contribution in [0.15, 0.2) is 18.3 Å². The molecule has 2 heterocycles. The molecular formula is C15H24N4O. The van der Waals surface area contributed by atoms with Crippen LogP contribution in [0.2, 0.25) is 0 Å². The summed E-state index contributed by atoms with van der Waals surface area (Å²) in [7, 11) is 1.71. The maximum atomic E-state index is 12.0. The van der Waals surface area contributed by atoms with Crippen LogP contribution in [0.25, 0.3) is 0 Å². The number of hydrogen-bond donors (Lipinski definition) is 2. The molecule has 0 bridgehead atoms. The Hall–Kier alpha value is -1.62. The number of anilines is 1.